The number of para-hydroxylation sites is 1. The number of hydrogen-bond donors (Lipinski definition) is 0. The molecule has 1 aliphatic rings. The maximum absolute atomic E-state index is 12.0. The average Bonchev–Trinajstić information content (AvgIpc) is 2.60. The summed E-state index contributed by atoms with van der Waals surface area (Å²) in [5.74, 6) is 1.48. The minimum Gasteiger partial charge on any atom is -0.468 e. The molecule has 24 heavy (non-hydrogen) atoms. The molecule has 0 bridgehead atoms. The summed E-state index contributed by atoms with van der Waals surface area (Å²) in [5, 5.41) is 1.04. The maximum atomic E-state index is 12.0. The lowest BCUT2D eigenvalue weighted by atomic mass is 10.0. The van der Waals surface area contributed by atoms with Crippen molar-refractivity contribution in [2.75, 3.05) is 32.6 Å². The Morgan fingerprint density at radius 1 is 1.29 bits per heavy atom. The summed E-state index contributed by atoms with van der Waals surface area (Å²) in [4.78, 5) is 25.6. The molecule has 1 aromatic carbocycles. The van der Waals surface area contributed by atoms with Crippen molar-refractivity contribution in [1.29, 1.82) is 0 Å². The Labute approximate surface area is 142 Å². The van der Waals surface area contributed by atoms with Gasteiger partial charge in [-0.05, 0) is 31.5 Å². The number of ether oxygens (including phenoxy) is 1. The number of aromatic nitrogens is 2. The number of carbonyl (C=O) groups is 1. The second kappa shape index (κ2) is 7.13. The lowest BCUT2D eigenvalue weighted by Crippen LogP contribution is -2.45. The third-order valence-electron chi connectivity index (χ3n) is 4.48. The van der Waals surface area contributed by atoms with Crippen LogP contribution in [-0.2, 0) is 16.1 Å². The zero-order chi connectivity index (χ0) is 17.1. The molecule has 6 nitrogen and oxygen atoms in total. The first-order valence-corrected chi connectivity index (χ1v) is 8.35. The lowest BCUT2D eigenvalue weighted by molar-refractivity contribution is -0.148. The predicted molar refractivity (Wildman–Crippen MR) is 93.9 cm³/mol. The summed E-state index contributed by atoms with van der Waals surface area (Å²) in [7, 11) is 5.42. The van der Waals surface area contributed by atoms with E-state index in [0.29, 0.717) is 6.54 Å². The van der Waals surface area contributed by atoms with Gasteiger partial charge in [-0.3, -0.25) is 9.69 Å². The Bertz CT molecular complexity index is 732. The quantitative estimate of drug-likeness (QED) is 0.802. The van der Waals surface area contributed by atoms with Crippen molar-refractivity contribution in [3.8, 4) is 0 Å². The standard InChI is InChI=1S/C18H24N4O2/c1-21(2)17-13-8-4-5-9-14(13)19-16(20-17)12-22-11-7-6-10-15(22)18(23)24-3/h4-5,8-9,15H,6-7,10-12H2,1-3H3. The highest BCUT2D eigenvalue weighted by Crippen LogP contribution is 2.24. The first kappa shape index (κ1) is 16.6. The number of likely N-dealkylation sites (tertiary alicyclic amines) is 1. The molecular formula is C18H24N4O2. The first-order valence-electron chi connectivity index (χ1n) is 8.35. The number of esters is 1. The highest BCUT2D eigenvalue weighted by molar-refractivity contribution is 5.89. The van der Waals surface area contributed by atoms with Crippen LogP contribution in [0.5, 0.6) is 0 Å². The number of fused-ring (bicyclic) bond motifs is 1. The fourth-order valence-electron chi connectivity index (χ4n) is 3.28. The number of piperidine rings is 1. The van der Waals surface area contributed by atoms with E-state index in [0.717, 1.165) is 48.4 Å². The van der Waals surface area contributed by atoms with E-state index < -0.39 is 0 Å². The summed E-state index contributed by atoms with van der Waals surface area (Å²) < 4.78 is 4.96. The number of hydrogen-bond acceptors (Lipinski definition) is 6. The van der Waals surface area contributed by atoms with E-state index in [1.165, 1.54) is 7.11 Å². The van der Waals surface area contributed by atoms with Crippen LogP contribution in [0.25, 0.3) is 10.9 Å². The second-order valence-corrected chi connectivity index (χ2v) is 6.38. The molecule has 1 unspecified atom stereocenters. The summed E-state index contributed by atoms with van der Waals surface area (Å²) in [6.07, 6.45) is 2.97. The van der Waals surface area contributed by atoms with Crippen LogP contribution in [-0.4, -0.2) is 54.6 Å². The third kappa shape index (κ3) is 3.33. The van der Waals surface area contributed by atoms with Gasteiger partial charge in [-0.15, -0.1) is 0 Å². The predicted octanol–water partition coefficient (Wildman–Crippen LogP) is 2.22. The van der Waals surface area contributed by atoms with Gasteiger partial charge in [0.15, 0.2) is 0 Å². The van der Waals surface area contributed by atoms with Gasteiger partial charge < -0.3 is 9.64 Å². The van der Waals surface area contributed by atoms with Crippen LogP contribution in [0.15, 0.2) is 24.3 Å². The molecule has 1 saturated heterocycles. The van der Waals surface area contributed by atoms with Crippen LogP contribution in [0, 0.1) is 0 Å². The molecule has 0 aliphatic carbocycles. The van der Waals surface area contributed by atoms with Gasteiger partial charge in [0.1, 0.15) is 17.7 Å². The fraction of sp³-hybridized carbons (Fsp3) is 0.500. The molecule has 0 saturated carbocycles. The summed E-state index contributed by atoms with van der Waals surface area (Å²) >= 11 is 0. The summed E-state index contributed by atoms with van der Waals surface area (Å²) in [6, 6.07) is 7.82. The number of anilines is 1. The number of carbonyl (C=O) groups excluding carboxylic acids is 1. The normalized spacial score (nSPS) is 18.5. The second-order valence-electron chi connectivity index (χ2n) is 6.38. The van der Waals surface area contributed by atoms with Crippen molar-refractivity contribution < 1.29 is 9.53 Å². The lowest BCUT2D eigenvalue weighted by Gasteiger charge is -2.33. The molecule has 1 fully saturated rings. The first-order chi connectivity index (χ1) is 11.6. The smallest absolute Gasteiger partial charge is 0.323 e. The average molecular weight is 328 g/mol. The molecule has 2 heterocycles. The molecule has 0 radical (unpaired) electrons. The third-order valence-corrected chi connectivity index (χ3v) is 4.48. The highest BCUT2D eigenvalue weighted by Gasteiger charge is 2.30. The van der Waals surface area contributed by atoms with Crippen molar-refractivity contribution in [1.82, 2.24) is 14.9 Å². The molecule has 0 spiro atoms. The van der Waals surface area contributed by atoms with Crippen LogP contribution < -0.4 is 4.90 Å². The van der Waals surface area contributed by atoms with E-state index in [4.69, 9.17) is 14.7 Å². The molecule has 0 N–H and O–H groups in total. The number of benzene rings is 1. The van der Waals surface area contributed by atoms with Crippen LogP contribution in [0.3, 0.4) is 0 Å². The maximum Gasteiger partial charge on any atom is 0.323 e. The largest absolute Gasteiger partial charge is 0.468 e. The van der Waals surface area contributed by atoms with Crippen LogP contribution in [0.4, 0.5) is 5.82 Å². The Morgan fingerprint density at radius 3 is 2.83 bits per heavy atom. The van der Waals surface area contributed by atoms with Gasteiger partial charge in [0.25, 0.3) is 0 Å². The SMILES string of the molecule is COC(=O)C1CCCCN1Cc1nc(N(C)C)c2ccccc2n1. The van der Waals surface area contributed by atoms with E-state index in [9.17, 15) is 4.79 Å². The molecule has 1 atom stereocenters. The molecule has 128 valence electrons. The monoisotopic (exact) mass is 328 g/mol. The number of rotatable bonds is 4. The molecule has 6 heteroatoms. The zero-order valence-electron chi connectivity index (χ0n) is 14.5. The van der Waals surface area contributed by atoms with Crippen molar-refractivity contribution in [2.24, 2.45) is 0 Å². The Kier molecular flexibility index (Phi) is 4.94. The van der Waals surface area contributed by atoms with Crippen LogP contribution in [0.2, 0.25) is 0 Å². The van der Waals surface area contributed by atoms with E-state index in [1.54, 1.807) is 0 Å². The van der Waals surface area contributed by atoms with E-state index >= 15 is 0 Å². The Balaban J connectivity index is 1.92. The molecule has 1 aromatic heterocycles. The van der Waals surface area contributed by atoms with Crippen molar-refractivity contribution in [3.05, 3.63) is 30.1 Å². The molecular weight excluding hydrogens is 304 g/mol. The number of methoxy groups -OCH3 is 1. The topological polar surface area (TPSA) is 58.6 Å². The van der Waals surface area contributed by atoms with Crippen LogP contribution in [0.1, 0.15) is 25.1 Å². The van der Waals surface area contributed by atoms with E-state index in [1.807, 2.05) is 43.3 Å². The summed E-state index contributed by atoms with van der Waals surface area (Å²) in [6.45, 7) is 1.43. The molecule has 1 aliphatic heterocycles. The van der Waals surface area contributed by atoms with Gasteiger partial charge in [0.2, 0.25) is 0 Å². The Morgan fingerprint density at radius 2 is 2.08 bits per heavy atom. The van der Waals surface area contributed by atoms with Crippen molar-refractivity contribution in [3.63, 3.8) is 0 Å². The van der Waals surface area contributed by atoms with Gasteiger partial charge in [-0.25, -0.2) is 9.97 Å². The zero-order valence-corrected chi connectivity index (χ0v) is 14.5. The summed E-state index contributed by atoms with van der Waals surface area (Å²) in [5.41, 5.74) is 0.929. The van der Waals surface area contributed by atoms with Crippen molar-refractivity contribution >= 4 is 22.7 Å². The molecule has 2 aromatic rings. The minimum absolute atomic E-state index is 0.164. The van der Waals surface area contributed by atoms with E-state index in [2.05, 4.69) is 4.90 Å². The van der Waals surface area contributed by atoms with Gasteiger partial charge in [-0.1, -0.05) is 18.6 Å². The van der Waals surface area contributed by atoms with E-state index in [-0.39, 0.29) is 12.0 Å². The fourth-order valence-corrected chi connectivity index (χ4v) is 3.28. The van der Waals surface area contributed by atoms with Gasteiger partial charge in [-0.2, -0.15) is 0 Å². The van der Waals surface area contributed by atoms with Crippen LogP contribution >= 0.6 is 0 Å². The Hall–Kier alpha value is -2.21. The molecule has 3 rings (SSSR count). The minimum atomic E-state index is -0.193. The van der Waals surface area contributed by atoms with Crippen molar-refractivity contribution in [2.45, 2.75) is 31.8 Å². The highest BCUT2D eigenvalue weighted by atomic mass is 16.5. The molecule has 0 amide bonds. The van der Waals surface area contributed by atoms with Gasteiger partial charge in [0.05, 0.1) is 19.2 Å². The number of nitrogens with zero attached hydrogens (tertiary/aromatic N) is 4. The van der Waals surface area contributed by atoms with Gasteiger partial charge in [0, 0.05) is 19.5 Å². The van der Waals surface area contributed by atoms with Gasteiger partial charge >= 0.3 is 5.97 Å².